The molecule has 0 aromatic heterocycles. The highest BCUT2D eigenvalue weighted by molar-refractivity contribution is 9.10. The van der Waals surface area contributed by atoms with E-state index in [1.165, 1.54) is 0 Å². The van der Waals surface area contributed by atoms with Gasteiger partial charge in [0.2, 0.25) is 0 Å². The number of benzene rings is 3. The number of rotatable bonds is 7. The summed E-state index contributed by atoms with van der Waals surface area (Å²) >= 11 is 3.36. The Morgan fingerprint density at radius 3 is 2.21 bits per heavy atom. The lowest BCUT2D eigenvalue weighted by Crippen LogP contribution is -2.20. The van der Waals surface area contributed by atoms with Crippen LogP contribution in [0.1, 0.15) is 10.4 Å². The first kappa shape index (κ1) is 20.4. The zero-order chi connectivity index (χ0) is 20.6. The molecule has 0 heterocycles. The number of hydrogen-bond acceptors (Lipinski definition) is 4. The number of carbonyl (C=O) groups excluding carboxylic acids is 2. The Balaban J connectivity index is 1.56. The van der Waals surface area contributed by atoms with Crippen LogP contribution in [0.25, 0.3) is 0 Å². The van der Waals surface area contributed by atoms with E-state index >= 15 is 0 Å². The van der Waals surface area contributed by atoms with Crippen molar-refractivity contribution in [3.63, 3.8) is 0 Å². The van der Waals surface area contributed by atoms with Gasteiger partial charge in [0.1, 0.15) is 11.5 Å². The van der Waals surface area contributed by atoms with Gasteiger partial charge in [-0.15, -0.1) is 0 Å². The third-order valence-corrected chi connectivity index (χ3v) is 4.64. The highest BCUT2D eigenvalue weighted by Gasteiger charge is 2.10. The van der Waals surface area contributed by atoms with Crippen molar-refractivity contribution in [1.82, 2.24) is 0 Å². The molecule has 0 aliphatic rings. The SMILES string of the molecule is COc1ccccc1NC(=O)c1ccc(NC(=O)COc2ccccc2Br)cc1. The number of halogens is 1. The number of amides is 2. The van der Waals surface area contributed by atoms with Crippen LogP contribution in [0.4, 0.5) is 11.4 Å². The van der Waals surface area contributed by atoms with Crippen LogP contribution in [-0.2, 0) is 4.79 Å². The summed E-state index contributed by atoms with van der Waals surface area (Å²) in [4.78, 5) is 24.5. The van der Waals surface area contributed by atoms with Crippen molar-refractivity contribution in [2.45, 2.75) is 0 Å². The molecule has 7 heteroatoms. The van der Waals surface area contributed by atoms with Gasteiger partial charge in [-0.25, -0.2) is 0 Å². The van der Waals surface area contributed by atoms with E-state index in [1.54, 1.807) is 49.6 Å². The maximum absolute atomic E-state index is 12.4. The fourth-order valence-corrected chi connectivity index (χ4v) is 2.95. The third-order valence-electron chi connectivity index (χ3n) is 3.98. The van der Waals surface area contributed by atoms with Crippen LogP contribution in [0, 0.1) is 0 Å². The van der Waals surface area contributed by atoms with Gasteiger partial charge in [0, 0.05) is 11.3 Å². The van der Waals surface area contributed by atoms with E-state index in [0.717, 1.165) is 4.47 Å². The van der Waals surface area contributed by atoms with Gasteiger partial charge in [-0.3, -0.25) is 9.59 Å². The second-order valence-corrected chi connectivity index (χ2v) is 6.85. The Hall–Kier alpha value is -3.32. The van der Waals surface area contributed by atoms with E-state index < -0.39 is 0 Å². The second kappa shape index (κ2) is 9.75. The average Bonchev–Trinajstić information content (AvgIpc) is 2.74. The molecular weight excluding hydrogens is 436 g/mol. The van der Waals surface area contributed by atoms with Crippen molar-refractivity contribution >= 4 is 39.1 Å². The van der Waals surface area contributed by atoms with E-state index in [4.69, 9.17) is 9.47 Å². The van der Waals surface area contributed by atoms with Crippen LogP contribution >= 0.6 is 15.9 Å². The molecule has 3 aromatic rings. The highest BCUT2D eigenvalue weighted by Crippen LogP contribution is 2.24. The normalized spacial score (nSPS) is 10.1. The van der Waals surface area contributed by atoms with E-state index in [0.29, 0.717) is 28.4 Å². The summed E-state index contributed by atoms with van der Waals surface area (Å²) in [5.41, 5.74) is 1.61. The molecule has 0 atom stereocenters. The maximum atomic E-state index is 12.4. The Labute approximate surface area is 177 Å². The Morgan fingerprint density at radius 1 is 0.862 bits per heavy atom. The Morgan fingerprint density at radius 2 is 1.52 bits per heavy atom. The van der Waals surface area contributed by atoms with Crippen molar-refractivity contribution in [3.05, 3.63) is 82.8 Å². The summed E-state index contributed by atoms with van der Waals surface area (Å²) in [6.07, 6.45) is 0. The van der Waals surface area contributed by atoms with E-state index in [1.807, 2.05) is 30.3 Å². The predicted molar refractivity (Wildman–Crippen MR) is 116 cm³/mol. The third kappa shape index (κ3) is 5.58. The summed E-state index contributed by atoms with van der Waals surface area (Å²) < 4.78 is 11.5. The molecule has 0 saturated heterocycles. The van der Waals surface area contributed by atoms with Crippen molar-refractivity contribution in [3.8, 4) is 11.5 Å². The van der Waals surface area contributed by atoms with Gasteiger partial charge in [0.15, 0.2) is 6.61 Å². The van der Waals surface area contributed by atoms with Crippen LogP contribution in [0.3, 0.4) is 0 Å². The van der Waals surface area contributed by atoms with Crippen molar-refractivity contribution in [2.75, 3.05) is 24.4 Å². The minimum absolute atomic E-state index is 0.126. The zero-order valence-corrected chi connectivity index (χ0v) is 17.2. The fraction of sp³-hybridized carbons (Fsp3) is 0.0909. The standard InChI is InChI=1S/C22H19BrN2O4/c1-28-20-9-5-3-7-18(20)25-22(27)15-10-12-16(13-11-15)24-21(26)14-29-19-8-4-2-6-17(19)23/h2-13H,14H2,1H3,(H,24,26)(H,25,27). The largest absolute Gasteiger partial charge is 0.495 e. The lowest BCUT2D eigenvalue weighted by Gasteiger charge is -2.11. The number of methoxy groups -OCH3 is 1. The highest BCUT2D eigenvalue weighted by atomic mass is 79.9. The summed E-state index contributed by atoms with van der Waals surface area (Å²) in [6, 6.07) is 21.1. The van der Waals surface area contributed by atoms with Crippen molar-refractivity contribution in [2.24, 2.45) is 0 Å². The van der Waals surface area contributed by atoms with E-state index in [2.05, 4.69) is 26.6 Å². The fourth-order valence-electron chi connectivity index (χ4n) is 2.55. The minimum atomic E-state index is -0.299. The predicted octanol–water partition coefficient (Wildman–Crippen LogP) is 4.73. The van der Waals surface area contributed by atoms with Crippen molar-refractivity contribution in [1.29, 1.82) is 0 Å². The monoisotopic (exact) mass is 454 g/mol. The second-order valence-electron chi connectivity index (χ2n) is 6.00. The van der Waals surface area contributed by atoms with Gasteiger partial charge in [-0.05, 0) is 64.5 Å². The van der Waals surface area contributed by atoms with Crippen LogP contribution in [0.2, 0.25) is 0 Å². The molecule has 2 amide bonds. The molecule has 2 N–H and O–H groups in total. The minimum Gasteiger partial charge on any atom is -0.495 e. The molecule has 29 heavy (non-hydrogen) atoms. The number of ether oxygens (including phenoxy) is 2. The molecule has 0 unspecified atom stereocenters. The number of para-hydroxylation sites is 3. The van der Waals surface area contributed by atoms with Gasteiger partial charge in [-0.1, -0.05) is 24.3 Å². The van der Waals surface area contributed by atoms with Crippen LogP contribution < -0.4 is 20.1 Å². The first-order valence-corrected chi connectivity index (χ1v) is 9.58. The Kier molecular flexibility index (Phi) is 6.86. The molecule has 0 fully saturated rings. The summed E-state index contributed by atoms with van der Waals surface area (Å²) in [7, 11) is 1.54. The molecule has 3 aromatic carbocycles. The summed E-state index contributed by atoms with van der Waals surface area (Å²) in [6.45, 7) is -0.126. The molecule has 0 bridgehead atoms. The van der Waals surface area contributed by atoms with Crippen LogP contribution in [-0.4, -0.2) is 25.5 Å². The van der Waals surface area contributed by atoms with Gasteiger partial charge in [-0.2, -0.15) is 0 Å². The van der Waals surface area contributed by atoms with Gasteiger partial charge in [0.25, 0.3) is 11.8 Å². The molecule has 0 radical (unpaired) electrons. The van der Waals surface area contributed by atoms with Gasteiger partial charge >= 0.3 is 0 Å². The topological polar surface area (TPSA) is 76.7 Å². The van der Waals surface area contributed by atoms with Gasteiger partial charge in [0.05, 0.1) is 17.3 Å². The summed E-state index contributed by atoms with van der Waals surface area (Å²) in [5, 5.41) is 5.54. The van der Waals surface area contributed by atoms with Crippen LogP contribution in [0.15, 0.2) is 77.3 Å². The molecule has 6 nitrogen and oxygen atoms in total. The molecule has 0 aliphatic carbocycles. The molecule has 3 rings (SSSR count). The lowest BCUT2D eigenvalue weighted by atomic mass is 10.2. The molecule has 0 spiro atoms. The smallest absolute Gasteiger partial charge is 0.262 e. The molecule has 148 valence electrons. The Bertz CT molecular complexity index is 1010. The lowest BCUT2D eigenvalue weighted by molar-refractivity contribution is -0.118. The van der Waals surface area contributed by atoms with Gasteiger partial charge < -0.3 is 20.1 Å². The quantitative estimate of drug-likeness (QED) is 0.540. The number of anilines is 2. The van der Waals surface area contributed by atoms with Crippen LogP contribution in [0.5, 0.6) is 11.5 Å². The first-order valence-electron chi connectivity index (χ1n) is 8.78. The first-order chi connectivity index (χ1) is 14.1. The molecular formula is C22H19BrN2O4. The number of carbonyl (C=O) groups is 2. The molecule has 0 saturated carbocycles. The maximum Gasteiger partial charge on any atom is 0.262 e. The number of hydrogen-bond donors (Lipinski definition) is 2. The summed E-state index contributed by atoms with van der Waals surface area (Å²) in [5.74, 6) is 0.595. The zero-order valence-electron chi connectivity index (χ0n) is 15.6. The molecule has 0 aliphatic heterocycles. The number of nitrogens with one attached hydrogen (secondary N) is 2. The van der Waals surface area contributed by atoms with E-state index in [-0.39, 0.29) is 18.4 Å². The van der Waals surface area contributed by atoms with Crippen molar-refractivity contribution < 1.29 is 19.1 Å². The average molecular weight is 455 g/mol. The van der Waals surface area contributed by atoms with E-state index in [9.17, 15) is 9.59 Å².